The highest BCUT2D eigenvalue weighted by Crippen LogP contribution is 2.33. The van der Waals surface area contributed by atoms with Crippen molar-refractivity contribution in [3.63, 3.8) is 0 Å². The van der Waals surface area contributed by atoms with Crippen LogP contribution in [0.5, 0.6) is 11.5 Å². The van der Waals surface area contributed by atoms with Crippen molar-refractivity contribution in [3.05, 3.63) is 58.6 Å². The Kier molecular flexibility index (Phi) is 5.05. The number of hydrogen-bond donors (Lipinski definition) is 1. The molecule has 0 heterocycles. The third-order valence-corrected chi connectivity index (χ3v) is 3.51. The van der Waals surface area contributed by atoms with Crippen LogP contribution in [0.25, 0.3) is 0 Å². The molecular weight excluding hydrogens is 270 g/mol. The Morgan fingerprint density at radius 2 is 1.90 bits per heavy atom. The minimum atomic E-state index is 0.236. The average molecular weight is 290 g/mol. The molecular formula is C17H20ClNO. The van der Waals surface area contributed by atoms with E-state index in [1.807, 2.05) is 43.3 Å². The van der Waals surface area contributed by atoms with Crippen molar-refractivity contribution in [1.82, 2.24) is 5.32 Å². The predicted octanol–water partition coefficient (Wildman–Crippen LogP) is 5.11. The normalized spacial score (nSPS) is 12.2. The fraction of sp³-hybridized carbons (Fsp3) is 0.294. The van der Waals surface area contributed by atoms with Crippen LogP contribution in [-0.4, -0.2) is 6.54 Å². The van der Waals surface area contributed by atoms with Crippen LogP contribution in [0.3, 0.4) is 0 Å². The average Bonchev–Trinajstić information content (AvgIpc) is 2.44. The lowest BCUT2D eigenvalue weighted by Gasteiger charge is -2.18. The fourth-order valence-electron chi connectivity index (χ4n) is 2.15. The first-order chi connectivity index (χ1) is 9.61. The minimum absolute atomic E-state index is 0.236. The van der Waals surface area contributed by atoms with Gasteiger partial charge in [-0.1, -0.05) is 42.8 Å². The van der Waals surface area contributed by atoms with E-state index in [-0.39, 0.29) is 6.04 Å². The molecule has 0 aliphatic carbocycles. The van der Waals surface area contributed by atoms with Gasteiger partial charge >= 0.3 is 0 Å². The third kappa shape index (κ3) is 3.53. The number of aryl methyl sites for hydroxylation is 1. The topological polar surface area (TPSA) is 21.3 Å². The highest BCUT2D eigenvalue weighted by Gasteiger charge is 2.12. The summed E-state index contributed by atoms with van der Waals surface area (Å²) < 4.78 is 6.02. The van der Waals surface area contributed by atoms with Gasteiger partial charge in [0.05, 0.1) is 5.02 Å². The summed E-state index contributed by atoms with van der Waals surface area (Å²) in [6, 6.07) is 14.1. The zero-order valence-corrected chi connectivity index (χ0v) is 12.9. The number of rotatable bonds is 5. The van der Waals surface area contributed by atoms with Crippen LogP contribution in [0.15, 0.2) is 42.5 Å². The fourth-order valence-corrected chi connectivity index (χ4v) is 2.31. The maximum atomic E-state index is 6.20. The van der Waals surface area contributed by atoms with Crippen LogP contribution < -0.4 is 10.1 Å². The van der Waals surface area contributed by atoms with Crippen molar-refractivity contribution < 1.29 is 4.74 Å². The van der Waals surface area contributed by atoms with Gasteiger partial charge in [0.15, 0.2) is 0 Å². The Morgan fingerprint density at radius 3 is 2.65 bits per heavy atom. The van der Waals surface area contributed by atoms with Gasteiger partial charge in [0, 0.05) is 11.6 Å². The Bertz CT molecular complexity index is 583. The molecule has 0 radical (unpaired) electrons. The van der Waals surface area contributed by atoms with E-state index >= 15 is 0 Å². The van der Waals surface area contributed by atoms with Crippen molar-refractivity contribution in [2.45, 2.75) is 26.8 Å². The van der Waals surface area contributed by atoms with E-state index in [1.165, 1.54) is 0 Å². The second-order valence-electron chi connectivity index (χ2n) is 4.85. The van der Waals surface area contributed by atoms with E-state index in [0.29, 0.717) is 10.8 Å². The molecule has 0 saturated carbocycles. The van der Waals surface area contributed by atoms with Crippen molar-refractivity contribution in [2.24, 2.45) is 0 Å². The molecule has 1 N–H and O–H groups in total. The number of nitrogens with one attached hydrogen (secondary N) is 1. The Morgan fingerprint density at radius 1 is 1.15 bits per heavy atom. The SMILES string of the molecule is CCNC(C)c1ccccc1Oc1cc(C)ccc1Cl. The zero-order chi connectivity index (χ0) is 14.5. The smallest absolute Gasteiger partial charge is 0.146 e. The van der Waals surface area contributed by atoms with Gasteiger partial charge in [-0.3, -0.25) is 0 Å². The van der Waals surface area contributed by atoms with Gasteiger partial charge in [-0.15, -0.1) is 0 Å². The molecule has 0 bridgehead atoms. The molecule has 1 unspecified atom stereocenters. The highest BCUT2D eigenvalue weighted by atomic mass is 35.5. The predicted molar refractivity (Wildman–Crippen MR) is 84.8 cm³/mol. The van der Waals surface area contributed by atoms with E-state index in [0.717, 1.165) is 23.4 Å². The van der Waals surface area contributed by atoms with Crippen LogP contribution in [0, 0.1) is 6.92 Å². The maximum Gasteiger partial charge on any atom is 0.146 e. The first kappa shape index (κ1) is 14.9. The van der Waals surface area contributed by atoms with Gasteiger partial charge in [-0.2, -0.15) is 0 Å². The van der Waals surface area contributed by atoms with Crippen LogP contribution in [0.1, 0.15) is 31.0 Å². The molecule has 106 valence electrons. The van der Waals surface area contributed by atoms with Crippen molar-refractivity contribution >= 4 is 11.6 Å². The number of hydrogen-bond acceptors (Lipinski definition) is 2. The molecule has 3 heteroatoms. The van der Waals surface area contributed by atoms with E-state index in [9.17, 15) is 0 Å². The molecule has 0 aliphatic rings. The number of benzene rings is 2. The van der Waals surface area contributed by atoms with Crippen LogP contribution in [-0.2, 0) is 0 Å². The maximum absolute atomic E-state index is 6.20. The molecule has 1 atom stereocenters. The number of ether oxygens (including phenoxy) is 1. The zero-order valence-electron chi connectivity index (χ0n) is 12.1. The second kappa shape index (κ2) is 6.78. The van der Waals surface area contributed by atoms with Gasteiger partial charge in [-0.05, 0) is 44.2 Å². The Hall–Kier alpha value is -1.51. The molecule has 0 aliphatic heterocycles. The van der Waals surface area contributed by atoms with E-state index in [2.05, 4.69) is 25.2 Å². The number of para-hydroxylation sites is 1. The monoisotopic (exact) mass is 289 g/mol. The molecule has 0 spiro atoms. The second-order valence-corrected chi connectivity index (χ2v) is 5.26. The van der Waals surface area contributed by atoms with Crippen LogP contribution in [0.4, 0.5) is 0 Å². The van der Waals surface area contributed by atoms with Gasteiger partial charge < -0.3 is 10.1 Å². The van der Waals surface area contributed by atoms with Gasteiger partial charge in [-0.25, -0.2) is 0 Å². The van der Waals surface area contributed by atoms with E-state index in [1.54, 1.807) is 0 Å². The summed E-state index contributed by atoms with van der Waals surface area (Å²) in [4.78, 5) is 0. The minimum Gasteiger partial charge on any atom is -0.455 e. The Balaban J connectivity index is 2.31. The summed E-state index contributed by atoms with van der Waals surface area (Å²) in [6.45, 7) is 7.16. The summed E-state index contributed by atoms with van der Waals surface area (Å²) in [5, 5.41) is 4.03. The quantitative estimate of drug-likeness (QED) is 0.826. The molecule has 2 nitrogen and oxygen atoms in total. The van der Waals surface area contributed by atoms with E-state index in [4.69, 9.17) is 16.3 Å². The molecule has 0 fully saturated rings. The first-order valence-electron chi connectivity index (χ1n) is 6.88. The van der Waals surface area contributed by atoms with Crippen molar-refractivity contribution in [3.8, 4) is 11.5 Å². The number of halogens is 1. The van der Waals surface area contributed by atoms with Gasteiger partial charge in [0.2, 0.25) is 0 Å². The standard InChI is InChI=1S/C17H20ClNO/c1-4-19-13(3)14-7-5-6-8-16(14)20-17-11-12(2)9-10-15(17)18/h5-11,13,19H,4H2,1-3H3. The summed E-state index contributed by atoms with van der Waals surface area (Å²) in [5.41, 5.74) is 2.26. The Labute approximate surface area is 125 Å². The molecule has 0 amide bonds. The highest BCUT2D eigenvalue weighted by molar-refractivity contribution is 6.32. The molecule has 0 aromatic heterocycles. The summed E-state index contributed by atoms with van der Waals surface area (Å²) in [5.74, 6) is 1.54. The molecule has 2 rings (SSSR count). The lowest BCUT2D eigenvalue weighted by atomic mass is 10.1. The van der Waals surface area contributed by atoms with Gasteiger partial charge in [0.25, 0.3) is 0 Å². The lowest BCUT2D eigenvalue weighted by molar-refractivity contribution is 0.463. The molecule has 0 saturated heterocycles. The summed E-state index contributed by atoms with van der Waals surface area (Å²) in [6.07, 6.45) is 0. The lowest BCUT2D eigenvalue weighted by Crippen LogP contribution is -2.18. The van der Waals surface area contributed by atoms with Crippen molar-refractivity contribution in [1.29, 1.82) is 0 Å². The van der Waals surface area contributed by atoms with Crippen LogP contribution in [0.2, 0.25) is 5.02 Å². The summed E-state index contributed by atoms with van der Waals surface area (Å²) in [7, 11) is 0. The molecule has 2 aromatic rings. The third-order valence-electron chi connectivity index (χ3n) is 3.20. The largest absolute Gasteiger partial charge is 0.455 e. The molecule has 2 aromatic carbocycles. The van der Waals surface area contributed by atoms with E-state index < -0.39 is 0 Å². The van der Waals surface area contributed by atoms with Crippen LogP contribution >= 0.6 is 11.6 Å². The first-order valence-corrected chi connectivity index (χ1v) is 7.26. The summed E-state index contributed by atoms with van der Waals surface area (Å²) >= 11 is 6.20. The molecule has 20 heavy (non-hydrogen) atoms. The van der Waals surface area contributed by atoms with Crippen molar-refractivity contribution in [2.75, 3.05) is 6.54 Å². The van der Waals surface area contributed by atoms with Gasteiger partial charge in [0.1, 0.15) is 11.5 Å².